The Morgan fingerprint density at radius 1 is 1.00 bits per heavy atom. The second-order valence-corrected chi connectivity index (χ2v) is 5.88. The van der Waals surface area contributed by atoms with E-state index in [2.05, 4.69) is 33.0 Å². The van der Waals surface area contributed by atoms with E-state index in [1.807, 2.05) is 0 Å². The van der Waals surface area contributed by atoms with Crippen molar-refractivity contribution in [3.05, 3.63) is 0 Å². The van der Waals surface area contributed by atoms with Gasteiger partial charge in [0.2, 0.25) is 0 Å². The molecule has 1 unspecified atom stereocenters. The third-order valence-corrected chi connectivity index (χ3v) is 3.73. The smallest absolute Gasteiger partial charge is 0.00694 e. The van der Waals surface area contributed by atoms with Gasteiger partial charge in [0.1, 0.15) is 0 Å². The average molecular weight is 211 g/mol. The number of hydrogen-bond donors (Lipinski definition) is 1. The molecule has 1 heteroatoms. The van der Waals surface area contributed by atoms with Crippen LogP contribution in [0.5, 0.6) is 0 Å². The number of hydrogen-bond acceptors (Lipinski definition) is 1. The summed E-state index contributed by atoms with van der Waals surface area (Å²) in [7, 11) is 0. The summed E-state index contributed by atoms with van der Waals surface area (Å²) in [5, 5.41) is 3.78. The molecule has 1 rings (SSSR count). The molecular weight excluding hydrogens is 182 g/mol. The first-order chi connectivity index (χ1) is 7.09. The molecule has 15 heavy (non-hydrogen) atoms. The van der Waals surface area contributed by atoms with Crippen molar-refractivity contribution in [3.8, 4) is 0 Å². The summed E-state index contributed by atoms with van der Waals surface area (Å²) in [6.07, 6.45) is 8.57. The van der Waals surface area contributed by atoms with Gasteiger partial charge < -0.3 is 5.32 Å². The molecule has 1 aliphatic carbocycles. The quantitative estimate of drug-likeness (QED) is 0.725. The van der Waals surface area contributed by atoms with E-state index in [9.17, 15) is 0 Å². The van der Waals surface area contributed by atoms with E-state index in [1.54, 1.807) is 0 Å². The van der Waals surface area contributed by atoms with E-state index in [0.29, 0.717) is 6.04 Å². The van der Waals surface area contributed by atoms with E-state index in [-0.39, 0.29) is 0 Å². The molecule has 90 valence electrons. The highest BCUT2D eigenvalue weighted by atomic mass is 14.9. The Morgan fingerprint density at radius 2 is 1.60 bits per heavy atom. The highest BCUT2D eigenvalue weighted by Crippen LogP contribution is 2.26. The van der Waals surface area contributed by atoms with Gasteiger partial charge in [-0.25, -0.2) is 0 Å². The van der Waals surface area contributed by atoms with Crippen LogP contribution in [0.15, 0.2) is 0 Å². The second kappa shape index (κ2) is 6.52. The molecule has 0 saturated heterocycles. The normalized spacial score (nSPS) is 23.0. The fraction of sp³-hybridized carbons (Fsp3) is 1.00. The molecule has 1 saturated carbocycles. The Hall–Kier alpha value is -0.0400. The molecule has 0 spiro atoms. The van der Waals surface area contributed by atoms with Gasteiger partial charge in [-0.15, -0.1) is 0 Å². The molecule has 0 aromatic rings. The first-order valence-corrected chi connectivity index (χ1v) is 6.85. The zero-order chi connectivity index (χ0) is 11.3. The van der Waals surface area contributed by atoms with E-state index in [1.165, 1.54) is 38.5 Å². The lowest BCUT2D eigenvalue weighted by molar-refractivity contribution is 0.258. The lowest BCUT2D eigenvalue weighted by atomic mass is 9.84. The van der Waals surface area contributed by atoms with Gasteiger partial charge in [-0.1, -0.05) is 33.1 Å². The maximum atomic E-state index is 3.78. The fourth-order valence-electron chi connectivity index (χ4n) is 2.99. The lowest BCUT2D eigenvalue weighted by Crippen LogP contribution is -2.40. The van der Waals surface area contributed by atoms with Crippen LogP contribution in [0.25, 0.3) is 0 Å². The van der Waals surface area contributed by atoms with Gasteiger partial charge in [-0.3, -0.25) is 0 Å². The van der Waals surface area contributed by atoms with Crippen LogP contribution in [0.4, 0.5) is 0 Å². The van der Waals surface area contributed by atoms with Crippen LogP contribution in [-0.4, -0.2) is 12.1 Å². The van der Waals surface area contributed by atoms with Crippen molar-refractivity contribution >= 4 is 0 Å². The van der Waals surface area contributed by atoms with Gasteiger partial charge in [0.05, 0.1) is 0 Å². The van der Waals surface area contributed by atoms with Crippen LogP contribution < -0.4 is 5.32 Å². The number of rotatable bonds is 5. The Morgan fingerprint density at radius 3 is 2.13 bits per heavy atom. The maximum absolute atomic E-state index is 3.78. The SMILES string of the molecule is CC(C)C[C@H](C)NC(C)C1CCCCC1. The van der Waals surface area contributed by atoms with Crippen molar-refractivity contribution in [1.82, 2.24) is 5.32 Å². The second-order valence-electron chi connectivity index (χ2n) is 5.88. The van der Waals surface area contributed by atoms with Gasteiger partial charge >= 0.3 is 0 Å². The van der Waals surface area contributed by atoms with Gasteiger partial charge in [0.15, 0.2) is 0 Å². The zero-order valence-electron chi connectivity index (χ0n) is 11.1. The van der Waals surface area contributed by atoms with E-state index in [4.69, 9.17) is 0 Å². The molecule has 0 heterocycles. The third-order valence-electron chi connectivity index (χ3n) is 3.73. The summed E-state index contributed by atoms with van der Waals surface area (Å²) in [6, 6.07) is 1.40. The Kier molecular flexibility index (Phi) is 5.66. The van der Waals surface area contributed by atoms with Crippen molar-refractivity contribution in [2.75, 3.05) is 0 Å². The van der Waals surface area contributed by atoms with Crippen LogP contribution in [0.2, 0.25) is 0 Å². The Balaban J connectivity index is 2.23. The van der Waals surface area contributed by atoms with Crippen molar-refractivity contribution < 1.29 is 0 Å². The Bertz CT molecular complexity index is 159. The monoisotopic (exact) mass is 211 g/mol. The van der Waals surface area contributed by atoms with Crippen LogP contribution in [0, 0.1) is 11.8 Å². The molecule has 1 N–H and O–H groups in total. The number of nitrogens with one attached hydrogen (secondary N) is 1. The van der Waals surface area contributed by atoms with Crippen LogP contribution in [0.3, 0.4) is 0 Å². The minimum Gasteiger partial charge on any atom is -0.311 e. The highest BCUT2D eigenvalue weighted by Gasteiger charge is 2.21. The summed E-state index contributed by atoms with van der Waals surface area (Å²) >= 11 is 0. The third kappa shape index (κ3) is 5.01. The minimum absolute atomic E-state index is 0.682. The molecule has 0 amide bonds. The predicted molar refractivity (Wildman–Crippen MR) is 68.1 cm³/mol. The summed E-state index contributed by atoms with van der Waals surface area (Å²) in [5.41, 5.74) is 0. The van der Waals surface area contributed by atoms with Crippen LogP contribution >= 0.6 is 0 Å². The highest BCUT2D eigenvalue weighted by molar-refractivity contribution is 4.78. The van der Waals surface area contributed by atoms with Gasteiger partial charge in [-0.05, 0) is 44.9 Å². The molecule has 0 aromatic carbocycles. The predicted octanol–water partition coefficient (Wildman–Crippen LogP) is 3.98. The molecule has 0 aliphatic heterocycles. The van der Waals surface area contributed by atoms with Crippen molar-refractivity contribution in [1.29, 1.82) is 0 Å². The maximum Gasteiger partial charge on any atom is 0.00694 e. The standard InChI is InChI=1S/C14H29N/c1-11(2)10-12(3)15-13(4)14-8-6-5-7-9-14/h11-15H,5-10H2,1-4H3/t12-,13?/m0/s1. The van der Waals surface area contributed by atoms with Crippen molar-refractivity contribution in [2.24, 2.45) is 11.8 Å². The van der Waals surface area contributed by atoms with E-state index >= 15 is 0 Å². The first kappa shape index (κ1) is 13.0. The molecule has 1 fully saturated rings. The van der Waals surface area contributed by atoms with Crippen molar-refractivity contribution in [2.45, 2.75) is 78.3 Å². The Labute approximate surface area is 96.0 Å². The molecule has 0 bridgehead atoms. The van der Waals surface area contributed by atoms with Crippen LogP contribution in [0.1, 0.15) is 66.2 Å². The molecule has 2 atom stereocenters. The summed E-state index contributed by atoms with van der Waals surface area (Å²) in [5.74, 6) is 1.75. The fourth-order valence-corrected chi connectivity index (χ4v) is 2.99. The summed E-state index contributed by atoms with van der Waals surface area (Å²) in [6.45, 7) is 9.33. The zero-order valence-corrected chi connectivity index (χ0v) is 11.1. The minimum atomic E-state index is 0.682. The molecule has 0 radical (unpaired) electrons. The molecule has 0 aromatic heterocycles. The average Bonchev–Trinajstić information content (AvgIpc) is 2.17. The van der Waals surface area contributed by atoms with E-state index < -0.39 is 0 Å². The first-order valence-electron chi connectivity index (χ1n) is 6.85. The van der Waals surface area contributed by atoms with Gasteiger partial charge in [0.25, 0.3) is 0 Å². The summed E-state index contributed by atoms with van der Waals surface area (Å²) in [4.78, 5) is 0. The summed E-state index contributed by atoms with van der Waals surface area (Å²) < 4.78 is 0. The molecule has 1 aliphatic rings. The largest absolute Gasteiger partial charge is 0.311 e. The lowest BCUT2D eigenvalue weighted by Gasteiger charge is -2.31. The topological polar surface area (TPSA) is 12.0 Å². The van der Waals surface area contributed by atoms with E-state index in [0.717, 1.165) is 17.9 Å². The molecule has 1 nitrogen and oxygen atoms in total. The molecular formula is C14H29N. The van der Waals surface area contributed by atoms with Gasteiger partial charge in [-0.2, -0.15) is 0 Å². The van der Waals surface area contributed by atoms with Crippen molar-refractivity contribution in [3.63, 3.8) is 0 Å². The van der Waals surface area contributed by atoms with Gasteiger partial charge in [0, 0.05) is 12.1 Å². The van der Waals surface area contributed by atoms with Crippen LogP contribution in [-0.2, 0) is 0 Å².